The molecule has 1 fully saturated rings. The van der Waals surface area contributed by atoms with Gasteiger partial charge in [-0.15, -0.1) is 0 Å². The van der Waals surface area contributed by atoms with Crippen LogP contribution in [-0.4, -0.2) is 53.6 Å². The fraction of sp³-hybridized carbons (Fsp3) is 0.351. The summed E-state index contributed by atoms with van der Waals surface area (Å²) in [5, 5.41) is 9.35. The van der Waals surface area contributed by atoms with Crippen LogP contribution in [0.5, 0.6) is 0 Å². The normalized spacial score (nSPS) is 19.2. The molecule has 47 heavy (non-hydrogen) atoms. The highest BCUT2D eigenvalue weighted by atomic mass is 19.4. The number of nitriles is 1. The average molecular weight is 643 g/mol. The van der Waals surface area contributed by atoms with Crippen molar-refractivity contribution in [1.29, 1.82) is 5.26 Å². The molecule has 2 amide bonds. The van der Waals surface area contributed by atoms with Crippen molar-refractivity contribution in [3.05, 3.63) is 111 Å². The number of anilines is 1. The number of hydrogen-bond donors (Lipinski definition) is 0. The number of allylic oxidation sites excluding steroid dienone is 2. The van der Waals surface area contributed by atoms with E-state index in [9.17, 15) is 32.8 Å². The van der Waals surface area contributed by atoms with Crippen molar-refractivity contribution in [2.75, 3.05) is 31.1 Å². The van der Waals surface area contributed by atoms with Gasteiger partial charge in [-0.3, -0.25) is 24.2 Å². The standard InChI is InChI=1S/C37H37F3N4O3/c1-22-17-23(2)31(24(3)18-22)21-42-13-15-43(16-14-42)35(46)34-33(28-11-9-27(20-41)10-12-28)32(26(5)45)25(4)44(36(34)47)30-8-6-7-29(19-30)37(38,39)40/h6-12,17-19,33-34H,13-16,21H2,1-5H3. The summed E-state index contributed by atoms with van der Waals surface area (Å²) in [5.74, 6) is -4.01. The fourth-order valence-electron chi connectivity index (χ4n) is 6.95. The van der Waals surface area contributed by atoms with E-state index in [2.05, 4.69) is 37.8 Å². The van der Waals surface area contributed by atoms with Gasteiger partial charge in [-0.2, -0.15) is 18.4 Å². The lowest BCUT2D eigenvalue weighted by molar-refractivity contribution is -0.144. The zero-order valence-corrected chi connectivity index (χ0v) is 27.1. The third-order valence-electron chi connectivity index (χ3n) is 9.24. The third kappa shape index (κ3) is 6.72. The smallest absolute Gasteiger partial charge is 0.339 e. The number of aryl methyl sites for hydroxylation is 3. The second-order valence-electron chi connectivity index (χ2n) is 12.4. The first kappa shape index (κ1) is 33.6. The van der Waals surface area contributed by atoms with Crippen LogP contribution in [0, 0.1) is 38.0 Å². The average Bonchev–Trinajstić information content (AvgIpc) is 3.02. The number of rotatable bonds is 6. The highest BCUT2D eigenvalue weighted by Crippen LogP contribution is 2.44. The minimum atomic E-state index is -4.66. The largest absolute Gasteiger partial charge is 0.416 e. The minimum absolute atomic E-state index is 0.0780. The first-order valence-electron chi connectivity index (χ1n) is 15.5. The van der Waals surface area contributed by atoms with Gasteiger partial charge in [0, 0.05) is 55.6 Å². The van der Waals surface area contributed by atoms with Crippen molar-refractivity contribution in [1.82, 2.24) is 9.80 Å². The lowest BCUT2D eigenvalue weighted by Gasteiger charge is -2.42. The molecule has 2 aliphatic heterocycles. The molecule has 3 aromatic rings. The molecule has 10 heteroatoms. The highest BCUT2D eigenvalue weighted by molar-refractivity contribution is 6.15. The summed E-state index contributed by atoms with van der Waals surface area (Å²) < 4.78 is 41.1. The molecular weight excluding hydrogens is 605 g/mol. The number of alkyl halides is 3. The third-order valence-corrected chi connectivity index (χ3v) is 9.24. The topological polar surface area (TPSA) is 84.7 Å². The van der Waals surface area contributed by atoms with Gasteiger partial charge in [-0.05, 0) is 87.2 Å². The van der Waals surface area contributed by atoms with E-state index < -0.39 is 41.2 Å². The van der Waals surface area contributed by atoms with Crippen molar-refractivity contribution >= 4 is 23.3 Å². The zero-order valence-electron chi connectivity index (χ0n) is 27.1. The zero-order chi connectivity index (χ0) is 34.2. The number of ketones is 1. The summed E-state index contributed by atoms with van der Waals surface area (Å²) in [5.41, 5.74) is 4.99. The lowest BCUT2D eigenvalue weighted by Crippen LogP contribution is -2.55. The minimum Gasteiger partial charge on any atom is -0.339 e. The number of piperazine rings is 1. The van der Waals surface area contributed by atoms with E-state index in [4.69, 9.17) is 0 Å². The van der Waals surface area contributed by atoms with E-state index in [-0.39, 0.29) is 17.0 Å². The van der Waals surface area contributed by atoms with E-state index in [0.29, 0.717) is 37.3 Å². The van der Waals surface area contributed by atoms with Gasteiger partial charge in [0.1, 0.15) is 5.92 Å². The van der Waals surface area contributed by atoms with Crippen molar-refractivity contribution in [2.24, 2.45) is 5.92 Å². The maximum atomic E-state index is 14.5. The van der Waals surface area contributed by atoms with E-state index in [1.54, 1.807) is 29.2 Å². The van der Waals surface area contributed by atoms with Gasteiger partial charge in [0.25, 0.3) is 0 Å². The van der Waals surface area contributed by atoms with Gasteiger partial charge in [0.2, 0.25) is 11.8 Å². The second kappa shape index (κ2) is 13.2. The SMILES string of the molecule is CC(=O)C1=C(C)N(c2cccc(C(F)(F)F)c2)C(=O)C(C(=O)N2CCN(Cc3c(C)cc(C)cc3C)CC2)C1c1ccc(C#N)cc1. The summed E-state index contributed by atoms with van der Waals surface area (Å²) in [6.07, 6.45) is -4.66. The van der Waals surface area contributed by atoms with Crippen LogP contribution in [0.15, 0.2) is 71.9 Å². The molecule has 1 saturated heterocycles. The van der Waals surface area contributed by atoms with Crippen LogP contribution in [0.25, 0.3) is 0 Å². The number of carbonyl (C=O) groups excluding carboxylic acids is 3. The molecule has 0 aliphatic carbocycles. The van der Waals surface area contributed by atoms with Crippen LogP contribution in [0.4, 0.5) is 18.9 Å². The Bertz CT molecular complexity index is 1780. The number of nitrogens with zero attached hydrogens (tertiary/aromatic N) is 4. The van der Waals surface area contributed by atoms with Gasteiger partial charge >= 0.3 is 6.18 Å². The molecule has 244 valence electrons. The molecule has 5 rings (SSSR count). The molecule has 0 spiro atoms. The summed E-state index contributed by atoms with van der Waals surface area (Å²) in [6.45, 7) is 11.6. The van der Waals surface area contributed by atoms with Crippen LogP contribution < -0.4 is 4.90 Å². The number of amides is 2. The lowest BCUT2D eigenvalue weighted by atomic mass is 9.73. The predicted octanol–water partition coefficient (Wildman–Crippen LogP) is 6.46. The monoisotopic (exact) mass is 642 g/mol. The van der Waals surface area contributed by atoms with Crippen molar-refractivity contribution in [3.63, 3.8) is 0 Å². The Labute approximate surface area is 272 Å². The molecule has 2 unspecified atom stereocenters. The Morgan fingerprint density at radius 3 is 2.09 bits per heavy atom. The Morgan fingerprint density at radius 1 is 0.915 bits per heavy atom. The van der Waals surface area contributed by atoms with Crippen LogP contribution in [-0.2, 0) is 27.1 Å². The summed E-state index contributed by atoms with van der Waals surface area (Å²) in [4.78, 5) is 47.2. The summed E-state index contributed by atoms with van der Waals surface area (Å²) >= 11 is 0. The number of carbonyl (C=O) groups is 3. The quantitative estimate of drug-likeness (QED) is 0.289. The van der Waals surface area contributed by atoms with Gasteiger partial charge in [-0.1, -0.05) is 35.9 Å². The van der Waals surface area contributed by atoms with E-state index in [0.717, 1.165) is 23.6 Å². The molecule has 2 atom stereocenters. The van der Waals surface area contributed by atoms with Gasteiger partial charge < -0.3 is 4.90 Å². The van der Waals surface area contributed by atoms with Crippen LogP contribution in [0.2, 0.25) is 0 Å². The van der Waals surface area contributed by atoms with E-state index >= 15 is 0 Å². The Kier molecular flexibility index (Phi) is 9.41. The van der Waals surface area contributed by atoms with Crippen LogP contribution >= 0.6 is 0 Å². The summed E-state index contributed by atoms with van der Waals surface area (Å²) in [6, 6.07) is 17.0. The number of hydrogen-bond acceptors (Lipinski definition) is 5. The Balaban J connectivity index is 1.52. The molecular formula is C37H37F3N4O3. The molecule has 0 radical (unpaired) electrons. The van der Waals surface area contributed by atoms with Gasteiger partial charge in [0.05, 0.1) is 17.2 Å². The molecule has 2 aliphatic rings. The van der Waals surface area contributed by atoms with Crippen LogP contribution in [0.3, 0.4) is 0 Å². The molecule has 0 aromatic heterocycles. The first-order valence-corrected chi connectivity index (χ1v) is 15.5. The Hall–Kier alpha value is -4.75. The molecule has 3 aromatic carbocycles. The second-order valence-corrected chi connectivity index (χ2v) is 12.4. The molecule has 0 bridgehead atoms. The number of Topliss-reactive ketones (excluding diaryl/α,β-unsaturated/α-hetero) is 1. The van der Waals surface area contributed by atoms with Gasteiger partial charge in [0.15, 0.2) is 5.78 Å². The van der Waals surface area contributed by atoms with Crippen LogP contribution in [0.1, 0.15) is 58.7 Å². The maximum Gasteiger partial charge on any atom is 0.416 e. The van der Waals surface area contributed by atoms with Gasteiger partial charge in [-0.25, -0.2) is 0 Å². The van der Waals surface area contributed by atoms with E-state index in [1.165, 1.54) is 48.2 Å². The number of halogens is 3. The molecule has 2 heterocycles. The summed E-state index contributed by atoms with van der Waals surface area (Å²) in [7, 11) is 0. The molecule has 0 N–H and O–H groups in total. The molecule has 7 nitrogen and oxygen atoms in total. The number of benzene rings is 3. The van der Waals surface area contributed by atoms with E-state index in [1.807, 2.05) is 6.07 Å². The highest BCUT2D eigenvalue weighted by Gasteiger charge is 2.49. The molecule has 0 saturated carbocycles. The van der Waals surface area contributed by atoms with Crippen molar-refractivity contribution < 1.29 is 27.6 Å². The maximum absolute atomic E-state index is 14.5. The van der Waals surface area contributed by atoms with Crippen molar-refractivity contribution in [3.8, 4) is 6.07 Å². The Morgan fingerprint density at radius 2 is 1.53 bits per heavy atom. The predicted molar refractivity (Wildman–Crippen MR) is 172 cm³/mol. The van der Waals surface area contributed by atoms with Crippen molar-refractivity contribution in [2.45, 2.75) is 53.3 Å². The fourth-order valence-corrected chi connectivity index (χ4v) is 6.95. The first-order chi connectivity index (χ1) is 22.2.